The Labute approximate surface area is 144 Å². The van der Waals surface area contributed by atoms with E-state index in [-0.39, 0.29) is 18.0 Å². The molecule has 2 aromatic carbocycles. The van der Waals surface area contributed by atoms with Crippen LogP contribution in [-0.2, 0) is 6.61 Å². The minimum absolute atomic E-state index is 0.0693. The highest BCUT2D eigenvalue weighted by Gasteiger charge is 2.13. The third-order valence-electron chi connectivity index (χ3n) is 3.80. The zero-order valence-corrected chi connectivity index (χ0v) is 13.5. The fraction of sp³-hybridized carbons (Fsp3) is 0.100. The zero-order valence-electron chi connectivity index (χ0n) is 13.5. The van der Waals surface area contributed by atoms with E-state index in [4.69, 9.17) is 4.74 Å². The highest BCUT2D eigenvalue weighted by Crippen LogP contribution is 2.27. The first-order valence-electron chi connectivity index (χ1n) is 7.69. The summed E-state index contributed by atoms with van der Waals surface area (Å²) >= 11 is 0. The molecule has 0 aliphatic rings. The molecule has 0 aliphatic carbocycles. The molecule has 0 amide bonds. The highest BCUT2D eigenvalue weighted by molar-refractivity contribution is 5.73. The summed E-state index contributed by atoms with van der Waals surface area (Å²) < 4.78 is 18.7. The molecule has 3 aromatic rings. The van der Waals surface area contributed by atoms with Gasteiger partial charge in [0.1, 0.15) is 29.8 Å². The maximum Gasteiger partial charge on any atom is 0.266 e. The van der Waals surface area contributed by atoms with Crippen molar-refractivity contribution in [2.45, 2.75) is 13.5 Å². The molecular formula is C20H15FN2O2. The summed E-state index contributed by atoms with van der Waals surface area (Å²) in [5.74, 6) is 0.212. The van der Waals surface area contributed by atoms with E-state index < -0.39 is 5.56 Å². The van der Waals surface area contributed by atoms with Gasteiger partial charge in [-0.2, -0.15) is 5.26 Å². The number of aromatic amines is 1. The number of nitrogens with one attached hydrogen (secondary N) is 1. The van der Waals surface area contributed by atoms with Gasteiger partial charge in [-0.15, -0.1) is 0 Å². The molecule has 0 unspecified atom stereocenters. The molecule has 0 spiro atoms. The molecule has 0 aliphatic heterocycles. The summed E-state index contributed by atoms with van der Waals surface area (Å²) in [5.41, 5.74) is 2.49. The van der Waals surface area contributed by atoms with E-state index in [1.165, 1.54) is 12.1 Å². The summed E-state index contributed by atoms with van der Waals surface area (Å²) in [6, 6.07) is 16.9. The number of aryl methyl sites for hydroxylation is 1. The van der Waals surface area contributed by atoms with Gasteiger partial charge in [0.15, 0.2) is 0 Å². The molecule has 25 heavy (non-hydrogen) atoms. The molecule has 1 aromatic heterocycles. The fourth-order valence-corrected chi connectivity index (χ4v) is 2.61. The van der Waals surface area contributed by atoms with Gasteiger partial charge in [-0.3, -0.25) is 4.79 Å². The minimum atomic E-state index is -0.410. The van der Waals surface area contributed by atoms with Crippen molar-refractivity contribution < 1.29 is 9.13 Å². The summed E-state index contributed by atoms with van der Waals surface area (Å²) in [5, 5.41) is 9.34. The Balaban J connectivity index is 1.98. The zero-order chi connectivity index (χ0) is 17.8. The van der Waals surface area contributed by atoms with Gasteiger partial charge in [0.25, 0.3) is 5.56 Å². The number of aromatic nitrogens is 1. The van der Waals surface area contributed by atoms with Crippen molar-refractivity contribution in [1.29, 1.82) is 5.26 Å². The van der Waals surface area contributed by atoms with Gasteiger partial charge in [-0.1, -0.05) is 24.3 Å². The Morgan fingerprint density at radius 2 is 1.84 bits per heavy atom. The molecule has 0 atom stereocenters. The Morgan fingerprint density at radius 3 is 2.56 bits per heavy atom. The number of pyridine rings is 1. The van der Waals surface area contributed by atoms with Gasteiger partial charge in [-0.25, -0.2) is 4.39 Å². The van der Waals surface area contributed by atoms with Crippen molar-refractivity contribution in [2.24, 2.45) is 0 Å². The van der Waals surface area contributed by atoms with Crippen LogP contribution in [0.1, 0.15) is 16.8 Å². The van der Waals surface area contributed by atoms with Crippen molar-refractivity contribution >= 4 is 0 Å². The Kier molecular flexibility index (Phi) is 4.62. The molecule has 0 saturated heterocycles. The van der Waals surface area contributed by atoms with E-state index in [0.717, 1.165) is 11.1 Å². The Bertz CT molecular complexity index is 1000. The average Bonchev–Trinajstić information content (AvgIpc) is 2.61. The van der Waals surface area contributed by atoms with Gasteiger partial charge in [0.05, 0.1) is 0 Å². The average molecular weight is 334 g/mol. The van der Waals surface area contributed by atoms with Crippen molar-refractivity contribution in [2.75, 3.05) is 0 Å². The quantitative estimate of drug-likeness (QED) is 0.786. The molecule has 124 valence electrons. The van der Waals surface area contributed by atoms with Crippen LogP contribution >= 0.6 is 0 Å². The second-order valence-corrected chi connectivity index (χ2v) is 5.58. The standard InChI is InChI=1S/C20H15FN2O2/c1-13-10-18(19(11-22)20(24)23-13)17-5-3-2-4-14(17)12-25-16-8-6-15(21)7-9-16/h2-10H,12H2,1H3,(H,23,24). The lowest BCUT2D eigenvalue weighted by Gasteiger charge is -2.13. The van der Waals surface area contributed by atoms with Crippen LogP contribution in [0, 0.1) is 24.1 Å². The van der Waals surface area contributed by atoms with Crippen molar-refractivity contribution in [3.63, 3.8) is 0 Å². The summed E-state index contributed by atoms with van der Waals surface area (Å²) in [6.45, 7) is 2.00. The number of halogens is 1. The number of nitrogens with zero attached hydrogens (tertiary/aromatic N) is 1. The number of rotatable bonds is 4. The molecule has 0 fully saturated rings. The molecule has 0 saturated carbocycles. The van der Waals surface area contributed by atoms with Crippen molar-refractivity contribution in [3.05, 3.63) is 87.6 Å². The number of ether oxygens (including phenoxy) is 1. The maximum atomic E-state index is 13.0. The van der Waals surface area contributed by atoms with Crippen LogP contribution in [0.5, 0.6) is 5.75 Å². The lowest BCUT2D eigenvalue weighted by Crippen LogP contribution is -2.13. The molecule has 1 heterocycles. The third kappa shape index (κ3) is 3.59. The van der Waals surface area contributed by atoms with Crippen LogP contribution in [-0.4, -0.2) is 4.98 Å². The smallest absolute Gasteiger partial charge is 0.266 e. The van der Waals surface area contributed by atoms with Gasteiger partial charge in [0, 0.05) is 11.3 Å². The number of nitriles is 1. The first-order chi connectivity index (χ1) is 12.1. The Hall–Kier alpha value is -3.39. The topological polar surface area (TPSA) is 65.9 Å². The van der Waals surface area contributed by atoms with Crippen molar-refractivity contribution in [3.8, 4) is 22.9 Å². The number of hydrogen-bond acceptors (Lipinski definition) is 3. The van der Waals surface area contributed by atoms with E-state index >= 15 is 0 Å². The summed E-state index contributed by atoms with van der Waals surface area (Å²) in [7, 11) is 0. The van der Waals surface area contributed by atoms with Gasteiger partial charge in [0.2, 0.25) is 0 Å². The summed E-state index contributed by atoms with van der Waals surface area (Å²) in [6.07, 6.45) is 0. The predicted octanol–water partition coefficient (Wildman–Crippen LogP) is 3.94. The van der Waals surface area contributed by atoms with E-state index in [1.54, 1.807) is 25.1 Å². The lowest BCUT2D eigenvalue weighted by atomic mass is 9.96. The minimum Gasteiger partial charge on any atom is -0.489 e. The SMILES string of the molecule is Cc1cc(-c2ccccc2COc2ccc(F)cc2)c(C#N)c(=O)[nH]1. The number of H-pyrrole nitrogens is 1. The first-order valence-corrected chi connectivity index (χ1v) is 7.69. The van der Waals surface area contributed by atoms with Gasteiger partial charge < -0.3 is 9.72 Å². The fourth-order valence-electron chi connectivity index (χ4n) is 2.61. The second kappa shape index (κ2) is 7.02. The van der Waals surface area contributed by atoms with E-state index in [1.807, 2.05) is 30.3 Å². The molecule has 5 heteroatoms. The molecule has 0 radical (unpaired) electrons. The van der Waals surface area contributed by atoms with E-state index in [9.17, 15) is 14.4 Å². The van der Waals surface area contributed by atoms with Crippen LogP contribution in [0.25, 0.3) is 11.1 Å². The second-order valence-electron chi connectivity index (χ2n) is 5.58. The molecule has 3 rings (SSSR count). The van der Waals surface area contributed by atoms with Crippen LogP contribution < -0.4 is 10.3 Å². The largest absolute Gasteiger partial charge is 0.489 e. The predicted molar refractivity (Wildman–Crippen MR) is 92.7 cm³/mol. The maximum absolute atomic E-state index is 13.0. The lowest BCUT2D eigenvalue weighted by molar-refractivity contribution is 0.306. The molecule has 4 nitrogen and oxygen atoms in total. The Morgan fingerprint density at radius 1 is 1.12 bits per heavy atom. The van der Waals surface area contributed by atoms with Gasteiger partial charge >= 0.3 is 0 Å². The number of benzene rings is 2. The monoisotopic (exact) mass is 334 g/mol. The van der Waals surface area contributed by atoms with Gasteiger partial charge in [-0.05, 0) is 48.4 Å². The van der Waals surface area contributed by atoms with Crippen LogP contribution in [0.4, 0.5) is 4.39 Å². The molecule has 1 N–H and O–H groups in total. The summed E-state index contributed by atoms with van der Waals surface area (Å²) in [4.78, 5) is 14.7. The third-order valence-corrected chi connectivity index (χ3v) is 3.80. The van der Waals surface area contributed by atoms with Crippen LogP contribution in [0.3, 0.4) is 0 Å². The molecular weight excluding hydrogens is 319 g/mol. The molecule has 0 bridgehead atoms. The van der Waals surface area contributed by atoms with E-state index in [2.05, 4.69) is 4.98 Å². The normalized spacial score (nSPS) is 10.3. The number of hydrogen-bond donors (Lipinski definition) is 1. The van der Waals surface area contributed by atoms with Crippen LogP contribution in [0.2, 0.25) is 0 Å². The van der Waals surface area contributed by atoms with E-state index in [0.29, 0.717) is 17.0 Å². The first kappa shape index (κ1) is 16.5. The highest BCUT2D eigenvalue weighted by atomic mass is 19.1. The van der Waals surface area contributed by atoms with Crippen LogP contribution in [0.15, 0.2) is 59.4 Å². The van der Waals surface area contributed by atoms with Crippen molar-refractivity contribution in [1.82, 2.24) is 4.98 Å².